The molecule has 4 heterocycles. The number of aliphatic hydroxyl groups is 1. The zero-order chi connectivity index (χ0) is 22.1. The zero-order valence-corrected chi connectivity index (χ0v) is 19.3. The molecule has 161 valence electrons. The van der Waals surface area contributed by atoms with E-state index in [2.05, 4.69) is 44.3 Å². The molecule has 0 aliphatic carbocycles. The van der Waals surface area contributed by atoms with E-state index in [0.717, 1.165) is 33.3 Å². The molecule has 32 heavy (non-hydrogen) atoms. The van der Waals surface area contributed by atoms with Gasteiger partial charge in [-0.05, 0) is 0 Å². The molecule has 0 aliphatic heterocycles. The number of para-hydroxylation sites is 1. The van der Waals surface area contributed by atoms with Crippen LogP contribution < -0.4 is 4.48 Å². The van der Waals surface area contributed by atoms with E-state index in [-0.39, 0.29) is 28.4 Å². The average molecular weight is 491 g/mol. The molecule has 1 atom stereocenters. The predicted molar refractivity (Wildman–Crippen MR) is 123 cm³/mol. The van der Waals surface area contributed by atoms with Gasteiger partial charge in [0.25, 0.3) is 0 Å². The molecule has 9 heteroatoms. The Kier molecular flexibility index (Phi) is 5.72. The molecule has 5 aromatic rings. The van der Waals surface area contributed by atoms with Gasteiger partial charge in [-0.3, -0.25) is 0 Å². The number of pyridine rings is 1. The number of fused-ring (bicyclic) bond motifs is 2. The molecule has 0 spiro atoms. The predicted octanol–water partition coefficient (Wildman–Crippen LogP) is 3.05. The fraction of sp³-hybridized carbons (Fsp3) is 0.217. The number of rotatable bonds is 7. The third kappa shape index (κ3) is 3.92. The number of nitrogens with one attached hydrogen (secondary N) is 1. The number of aromatic nitrogens is 6. The maximum atomic E-state index is 13.8. The first kappa shape index (κ1) is 20.8. The van der Waals surface area contributed by atoms with Crippen LogP contribution in [0.15, 0.2) is 55.2 Å². The number of aryl methyl sites for hydroxylation is 1. The van der Waals surface area contributed by atoms with Gasteiger partial charge in [0.05, 0.1) is 0 Å². The Morgan fingerprint density at radius 3 is 2.94 bits per heavy atom. The van der Waals surface area contributed by atoms with E-state index in [4.69, 9.17) is 4.98 Å². The summed E-state index contributed by atoms with van der Waals surface area (Å²) >= 11 is -0.310. The number of hydrogen-bond acceptors (Lipinski definition) is 5. The summed E-state index contributed by atoms with van der Waals surface area (Å²) in [6.45, 7) is 1.87. The Bertz CT molecular complexity index is 1400. The van der Waals surface area contributed by atoms with Gasteiger partial charge in [-0.15, -0.1) is 0 Å². The maximum absolute atomic E-state index is 13.8. The van der Waals surface area contributed by atoms with Crippen molar-refractivity contribution in [1.82, 2.24) is 29.5 Å². The molecule has 0 fully saturated rings. The third-order valence-electron chi connectivity index (χ3n) is 5.42. The molecule has 0 saturated carbocycles. The van der Waals surface area contributed by atoms with Crippen LogP contribution in [0.1, 0.15) is 18.5 Å². The van der Waals surface area contributed by atoms with E-state index in [9.17, 15) is 9.50 Å². The SMILES string of the molecule is CC(CO)n1cnc2c([As]CCc3c[nH]c4ccccc34)nc(-c3cncc(F)c3)nc21. The Hall–Kier alpha value is -3.09. The van der Waals surface area contributed by atoms with E-state index < -0.39 is 5.82 Å². The summed E-state index contributed by atoms with van der Waals surface area (Å²) in [6.07, 6.45) is 7.42. The number of hydrogen-bond donors (Lipinski definition) is 2. The van der Waals surface area contributed by atoms with Crippen LogP contribution in [0, 0.1) is 5.82 Å². The summed E-state index contributed by atoms with van der Waals surface area (Å²) in [7, 11) is 0. The van der Waals surface area contributed by atoms with E-state index >= 15 is 0 Å². The van der Waals surface area contributed by atoms with Crippen molar-refractivity contribution in [2.45, 2.75) is 24.6 Å². The molecule has 4 aromatic heterocycles. The van der Waals surface area contributed by atoms with Gasteiger partial charge in [0.1, 0.15) is 0 Å². The number of aliphatic hydroxyl groups excluding tert-OH is 1. The number of halogens is 1. The first-order chi connectivity index (χ1) is 15.6. The van der Waals surface area contributed by atoms with E-state index in [1.165, 1.54) is 17.0 Å². The van der Waals surface area contributed by atoms with Gasteiger partial charge in [0.2, 0.25) is 0 Å². The van der Waals surface area contributed by atoms with Crippen LogP contribution in [-0.2, 0) is 6.42 Å². The van der Waals surface area contributed by atoms with Crippen LogP contribution in [0.5, 0.6) is 0 Å². The second-order valence-electron chi connectivity index (χ2n) is 7.61. The van der Waals surface area contributed by atoms with Crippen molar-refractivity contribution in [3.8, 4) is 11.4 Å². The fourth-order valence-corrected chi connectivity index (χ4v) is 5.88. The van der Waals surface area contributed by atoms with E-state index in [0.29, 0.717) is 17.0 Å². The van der Waals surface area contributed by atoms with Crippen molar-refractivity contribution >= 4 is 42.3 Å². The minimum absolute atomic E-state index is 0.0318. The van der Waals surface area contributed by atoms with Crippen molar-refractivity contribution in [3.63, 3.8) is 0 Å². The molecule has 1 unspecified atom stereocenters. The number of benzene rings is 1. The number of aromatic amines is 1. The van der Waals surface area contributed by atoms with Gasteiger partial charge in [-0.2, -0.15) is 0 Å². The molecule has 0 amide bonds. The summed E-state index contributed by atoms with van der Waals surface area (Å²) in [5, 5.41) is 11.9. The van der Waals surface area contributed by atoms with Crippen LogP contribution in [0.2, 0.25) is 5.21 Å². The topological polar surface area (TPSA) is 92.5 Å². The monoisotopic (exact) mass is 491 g/mol. The van der Waals surface area contributed by atoms with Gasteiger partial charge in [-0.25, -0.2) is 0 Å². The van der Waals surface area contributed by atoms with E-state index in [1.54, 1.807) is 12.5 Å². The first-order valence-corrected chi connectivity index (χ1v) is 12.6. The second kappa shape index (κ2) is 8.80. The summed E-state index contributed by atoms with van der Waals surface area (Å²) in [5.74, 6) is -0.00798. The minimum atomic E-state index is -0.433. The normalized spacial score (nSPS) is 13.0. The second-order valence-corrected chi connectivity index (χ2v) is 10.1. The van der Waals surface area contributed by atoms with Gasteiger partial charge in [0, 0.05) is 0 Å². The molecule has 7 nitrogen and oxygen atoms in total. The molecular formula is C23H21AsFN6O. The van der Waals surface area contributed by atoms with Crippen LogP contribution >= 0.6 is 0 Å². The van der Waals surface area contributed by atoms with Gasteiger partial charge in [0.15, 0.2) is 0 Å². The van der Waals surface area contributed by atoms with Crippen molar-refractivity contribution in [2.75, 3.05) is 6.61 Å². The van der Waals surface area contributed by atoms with Crippen LogP contribution in [-0.4, -0.2) is 57.0 Å². The molecule has 1 radical (unpaired) electrons. The molecule has 0 bridgehead atoms. The summed E-state index contributed by atoms with van der Waals surface area (Å²) in [5.41, 5.74) is 4.35. The quantitative estimate of drug-likeness (QED) is 0.342. The summed E-state index contributed by atoms with van der Waals surface area (Å²) < 4.78 is 16.5. The molecule has 5 rings (SSSR count). The first-order valence-electron chi connectivity index (χ1n) is 10.3. The molecule has 2 N–H and O–H groups in total. The molecule has 1 aromatic carbocycles. The van der Waals surface area contributed by atoms with Crippen LogP contribution in [0.3, 0.4) is 0 Å². The standard InChI is InChI=1S/C23H21AsFN6O/c1-14(12-32)31-13-28-20-21(24-7-6-15-10-27-19-5-3-2-4-18(15)19)29-22(30-23(20)31)16-8-17(25)11-26-9-16/h2-5,8-11,13-14,27,32H,6-7,12H2,1H3. The fourth-order valence-electron chi connectivity index (χ4n) is 3.71. The Morgan fingerprint density at radius 2 is 2.09 bits per heavy atom. The van der Waals surface area contributed by atoms with Crippen LogP contribution in [0.25, 0.3) is 33.5 Å². The van der Waals surface area contributed by atoms with Crippen molar-refractivity contribution < 1.29 is 9.50 Å². The summed E-state index contributed by atoms with van der Waals surface area (Å²) in [4.78, 5) is 21.3. The molecule has 0 aliphatic rings. The van der Waals surface area contributed by atoms with Crippen LogP contribution in [0.4, 0.5) is 4.39 Å². The van der Waals surface area contributed by atoms with Gasteiger partial charge >= 0.3 is 191 Å². The average Bonchev–Trinajstić information content (AvgIpc) is 3.43. The van der Waals surface area contributed by atoms with Gasteiger partial charge < -0.3 is 0 Å². The number of nitrogens with zero attached hydrogens (tertiary/aromatic N) is 5. The molecular weight excluding hydrogens is 470 g/mol. The third-order valence-corrected chi connectivity index (χ3v) is 7.64. The molecule has 0 saturated heterocycles. The van der Waals surface area contributed by atoms with Crippen molar-refractivity contribution in [2.24, 2.45) is 0 Å². The summed E-state index contributed by atoms with van der Waals surface area (Å²) in [6, 6.07) is 9.50. The van der Waals surface area contributed by atoms with Gasteiger partial charge in [-0.1, -0.05) is 0 Å². The van der Waals surface area contributed by atoms with Crippen molar-refractivity contribution in [3.05, 3.63) is 66.6 Å². The number of imidazole rings is 1. The Labute approximate surface area is 190 Å². The van der Waals surface area contributed by atoms with Crippen molar-refractivity contribution in [1.29, 1.82) is 0 Å². The van der Waals surface area contributed by atoms with E-state index in [1.807, 2.05) is 17.6 Å². The zero-order valence-electron chi connectivity index (χ0n) is 17.4. The number of H-pyrrole nitrogens is 1. The Balaban J connectivity index is 1.50. The Morgan fingerprint density at radius 1 is 1.22 bits per heavy atom.